The first-order valence-corrected chi connectivity index (χ1v) is 6.74. The normalized spacial score (nSPS) is 10.0. The largest absolute Gasteiger partial charge is 0.358 e. The van der Waals surface area contributed by atoms with Crippen molar-refractivity contribution in [2.75, 3.05) is 32.5 Å². The Bertz CT molecular complexity index is 519. The van der Waals surface area contributed by atoms with E-state index >= 15 is 0 Å². The van der Waals surface area contributed by atoms with Gasteiger partial charge in [-0.05, 0) is 44.3 Å². The summed E-state index contributed by atoms with van der Waals surface area (Å²) in [5, 5.41) is 14.0. The molecule has 6 heteroatoms. The lowest BCUT2D eigenvalue weighted by Gasteiger charge is -2.15. The van der Waals surface area contributed by atoms with E-state index in [1.54, 1.807) is 31.3 Å². The summed E-state index contributed by atoms with van der Waals surface area (Å²) in [6, 6.07) is 8.75. The SMILES string of the molecule is CNC(=O)CN(C)CCCC(=O)Nc1ccc(C#N)cc1. The van der Waals surface area contributed by atoms with Crippen LogP contribution in [0.25, 0.3) is 0 Å². The second kappa shape index (κ2) is 8.72. The molecule has 0 spiro atoms. The van der Waals surface area contributed by atoms with Crippen molar-refractivity contribution in [3.63, 3.8) is 0 Å². The molecule has 0 saturated heterocycles. The third-order valence-electron chi connectivity index (χ3n) is 2.93. The predicted molar refractivity (Wildman–Crippen MR) is 80.6 cm³/mol. The van der Waals surface area contributed by atoms with E-state index < -0.39 is 0 Å². The third-order valence-corrected chi connectivity index (χ3v) is 2.93. The molecule has 1 aromatic carbocycles. The minimum Gasteiger partial charge on any atom is -0.358 e. The van der Waals surface area contributed by atoms with E-state index in [9.17, 15) is 9.59 Å². The Balaban J connectivity index is 2.27. The topological polar surface area (TPSA) is 85.2 Å². The summed E-state index contributed by atoms with van der Waals surface area (Å²) in [7, 11) is 3.44. The Labute approximate surface area is 124 Å². The van der Waals surface area contributed by atoms with Gasteiger partial charge in [0, 0.05) is 19.2 Å². The zero-order valence-corrected chi connectivity index (χ0v) is 12.3. The molecular weight excluding hydrogens is 268 g/mol. The van der Waals surface area contributed by atoms with E-state index in [2.05, 4.69) is 10.6 Å². The molecule has 1 rings (SSSR count). The average molecular weight is 288 g/mol. The maximum atomic E-state index is 11.8. The molecule has 0 aliphatic carbocycles. The van der Waals surface area contributed by atoms with E-state index in [4.69, 9.17) is 5.26 Å². The molecule has 0 bridgehead atoms. The van der Waals surface area contributed by atoms with Gasteiger partial charge < -0.3 is 10.6 Å². The van der Waals surface area contributed by atoms with Crippen LogP contribution in [-0.4, -0.2) is 43.9 Å². The smallest absolute Gasteiger partial charge is 0.233 e. The number of amides is 2. The van der Waals surface area contributed by atoms with Crippen LogP contribution in [-0.2, 0) is 9.59 Å². The fourth-order valence-electron chi connectivity index (χ4n) is 1.76. The van der Waals surface area contributed by atoms with Crippen LogP contribution in [0.15, 0.2) is 24.3 Å². The molecule has 0 aliphatic heterocycles. The lowest BCUT2D eigenvalue weighted by atomic mass is 10.2. The van der Waals surface area contributed by atoms with Crippen molar-refractivity contribution in [2.45, 2.75) is 12.8 Å². The van der Waals surface area contributed by atoms with Crippen LogP contribution in [0.4, 0.5) is 5.69 Å². The number of nitriles is 1. The first-order chi connectivity index (χ1) is 10.0. The first kappa shape index (κ1) is 16.7. The minimum absolute atomic E-state index is 0.0421. The summed E-state index contributed by atoms with van der Waals surface area (Å²) in [5.41, 5.74) is 1.24. The van der Waals surface area contributed by atoms with E-state index in [0.717, 1.165) is 0 Å². The molecule has 6 nitrogen and oxygen atoms in total. The van der Waals surface area contributed by atoms with E-state index in [1.807, 2.05) is 18.0 Å². The number of anilines is 1. The Hall–Kier alpha value is -2.39. The average Bonchev–Trinajstić information content (AvgIpc) is 2.47. The summed E-state index contributed by atoms with van der Waals surface area (Å²) in [4.78, 5) is 24.8. The molecule has 0 unspecified atom stereocenters. The van der Waals surface area contributed by atoms with Gasteiger partial charge in [0.2, 0.25) is 11.8 Å². The van der Waals surface area contributed by atoms with Crippen molar-refractivity contribution < 1.29 is 9.59 Å². The molecule has 0 saturated carbocycles. The van der Waals surface area contributed by atoms with Crippen LogP contribution in [0.5, 0.6) is 0 Å². The molecule has 2 amide bonds. The molecule has 0 fully saturated rings. The predicted octanol–water partition coefficient (Wildman–Crippen LogP) is 0.955. The monoisotopic (exact) mass is 288 g/mol. The standard InChI is InChI=1S/C15H20N4O2/c1-17-15(21)11-19(2)9-3-4-14(20)18-13-7-5-12(10-16)6-8-13/h5-8H,3-4,9,11H2,1-2H3,(H,17,21)(H,18,20). The van der Waals surface area contributed by atoms with Gasteiger partial charge in [-0.1, -0.05) is 0 Å². The third kappa shape index (κ3) is 6.54. The number of hydrogen-bond acceptors (Lipinski definition) is 4. The van der Waals surface area contributed by atoms with Crippen molar-refractivity contribution in [3.8, 4) is 6.07 Å². The molecule has 0 heterocycles. The summed E-state index contributed by atoms with van der Waals surface area (Å²) in [6.07, 6.45) is 1.06. The summed E-state index contributed by atoms with van der Waals surface area (Å²) in [6.45, 7) is 1.00. The molecular formula is C15H20N4O2. The van der Waals surface area contributed by atoms with Crippen LogP contribution in [0.2, 0.25) is 0 Å². The molecule has 0 radical (unpaired) electrons. The van der Waals surface area contributed by atoms with Crippen molar-refractivity contribution in [2.24, 2.45) is 0 Å². The second-order valence-corrected chi connectivity index (χ2v) is 4.75. The zero-order valence-electron chi connectivity index (χ0n) is 12.3. The Morgan fingerprint density at radius 3 is 2.48 bits per heavy atom. The number of hydrogen-bond donors (Lipinski definition) is 2. The molecule has 1 aromatic rings. The van der Waals surface area contributed by atoms with Crippen molar-refractivity contribution in [1.29, 1.82) is 5.26 Å². The lowest BCUT2D eigenvalue weighted by Crippen LogP contribution is -2.33. The van der Waals surface area contributed by atoms with Gasteiger partial charge in [-0.3, -0.25) is 14.5 Å². The Morgan fingerprint density at radius 1 is 1.24 bits per heavy atom. The van der Waals surface area contributed by atoms with Gasteiger partial charge in [-0.2, -0.15) is 5.26 Å². The number of benzene rings is 1. The summed E-state index contributed by atoms with van der Waals surface area (Å²) in [5.74, 6) is -0.118. The van der Waals surface area contributed by atoms with Crippen LogP contribution in [0.1, 0.15) is 18.4 Å². The van der Waals surface area contributed by atoms with Gasteiger partial charge in [-0.25, -0.2) is 0 Å². The van der Waals surface area contributed by atoms with Crippen LogP contribution < -0.4 is 10.6 Å². The highest BCUT2D eigenvalue weighted by Gasteiger charge is 2.06. The maximum absolute atomic E-state index is 11.8. The quantitative estimate of drug-likeness (QED) is 0.782. The maximum Gasteiger partial charge on any atom is 0.233 e. The highest BCUT2D eigenvalue weighted by atomic mass is 16.2. The molecule has 0 aromatic heterocycles. The second-order valence-electron chi connectivity index (χ2n) is 4.75. The van der Waals surface area contributed by atoms with Gasteiger partial charge >= 0.3 is 0 Å². The molecule has 112 valence electrons. The zero-order chi connectivity index (χ0) is 15.7. The number of carbonyl (C=O) groups is 2. The van der Waals surface area contributed by atoms with E-state index in [-0.39, 0.29) is 11.8 Å². The number of likely N-dealkylation sites (N-methyl/N-ethyl adjacent to an activating group) is 2. The Morgan fingerprint density at radius 2 is 1.90 bits per heavy atom. The summed E-state index contributed by atoms with van der Waals surface area (Å²) >= 11 is 0. The van der Waals surface area contributed by atoms with Crippen molar-refractivity contribution in [1.82, 2.24) is 10.2 Å². The fourth-order valence-corrected chi connectivity index (χ4v) is 1.76. The highest BCUT2D eigenvalue weighted by molar-refractivity contribution is 5.90. The first-order valence-electron chi connectivity index (χ1n) is 6.74. The molecule has 0 atom stereocenters. The lowest BCUT2D eigenvalue weighted by molar-refractivity contribution is -0.121. The number of rotatable bonds is 7. The molecule has 21 heavy (non-hydrogen) atoms. The van der Waals surface area contributed by atoms with E-state index in [1.165, 1.54) is 0 Å². The number of carbonyl (C=O) groups excluding carboxylic acids is 2. The van der Waals surface area contributed by atoms with Gasteiger partial charge in [0.1, 0.15) is 0 Å². The number of nitrogens with one attached hydrogen (secondary N) is 2. The van der Waals surface area contributed by atoms with Crippen LogP contribution >= 0.6 is 0 Å². The van der Waals surface area contributed by atoms with Crippen molar-refractivity contribution in [3.05, 3.63) is 29.8 Å². The van der Waals surface area contributed by atoms with Gasteiger partial charge in [0.15, 0.2) is 0 Å². The molecule has 0 aliphatic rings. The van der Waals surface area contributed by atoms with Gasteiger partial charge in [-0.15, -0.1) is 0 Å². The van der Waals surface area contributed by atoms with Crippen LogP contribution in [0, 0.1) is 11.3 Å². The highest BCUT2D eigenvalue weighted by Crippen LogP contribution is 2.09. The summed E-state index contributed by atoms with van der Waals surface area (Å²) < 4.78 is 0. The number of nitrogens with zero attached hydrogens (tertiary/aromatic N) is 2. The van der Waals surface area contributed by atoms with E-state index in [0.29, 0.717) is 37.2 Å². The fraction of sp³-hybridized carbons (Fsp3) is 0.400. The Kier molecular flexibility index (Phi) is 6.92. The van der Waals surface area contributed by atoms with Gasteiger partial charge in [0.05, 0.1) is 18.2 Å². The van der Waals surface area contributed by atoms with Crippen molar-refractivity contribution >= 4 is 17.5 Å². The van der Waals surface area contributed by atoms with Gasteiger partial charge in [0.25, 0.3) is 0 Å². The minimum atomic E-state index is -0.0759. The molecule has 2 N–H and O–H groups in total. The van der Waals surface area contributed by atoms with Crippen LogP contribution in [0.3, 0.4) is 0 Å².